The van der Waals surface area contributed by atoms with Gasteiger partial charge in [-0.1, -0.05) is 18.2 Å². The van der Waals surface area contributed by atoms with Crippen molar-refractivity contribution >= 4 is 11.0 Å². The van der Waals surface area contributed by atoms with Crippen molar-refractivity contribution in [2.24, 2.45) is 0 Å². The van der Waals surface area contributed by atoms with Gasteiger partial charge in [-0.25, -0.2) is 0 Å². The number of nitrogens with one attached hydrogen (secondary N) is 1. The first-order valence-corrected chi connectivity index (χ1v) is 7.01. The Labute approximate surface area is 123 Å². The van der Waals surface area contributed by atoms with E-state index in [1.54, 1.807) is 13.2 Å². The molecule has 0 fully saturated rings. The molecule has 1 aromatic carbocycles. The number of benzene rings is 1. The number of hydrogen-bond acceptors (Lipinski definition) is 4. The lowest BCUT2D eigenvalue weighted by Gasteiger charge is -2.21. The number of aryl methyl sites for hydroxylation is 1. The SMILES string of the molecule is Cc1ccc(C(C)(O)CNCc2coc3ccccc23)o1. The summed E-state index contributed by atoms with van der Waals surface area (Å²) in [5.74, 6) is 1.37. The summed E-state index contributed by atoms with van der Waals surface area (Å²) in [6, 6.07) is 11.6. The van der Waals surface area contributed by atoms with Gasteiger partial charge < -0.3 is 19.3 Å². The number of furan rings is 2. The van der Waals surface area contributed by atoms with E-state index in [1.165, 1.54) is 0 Å². The van der Waals surface area contributed by atoms with E-state index >= 15 is 0 Å². The molecule has 2 heterocycles. The Bertz CT molecular complexity index is 739. The van der Waals surface area contributed by atoms with Crippen LogP contribution in [0.25, 0.3) is 11.0 Å². The van der Waals surface area contributed by atoms with Gasteiger partial charge >= 0.3 is 0 Å². The highest BCUT2D eigenvalue weighted by Crippen LogP contribution is 2.23. The maximum Gasteiger partial charge on any atom is 0.136 e. The molecule has 3 aromatic rings. The number of rotatable bonds is 5. The van der Waals surface area contributed by atoms with Crippen LogP contribution in [-0.4, -0.2) is 11.7 Å². The average Bonchev–Trinajstić information content (AvgIpc) is 3.06. The summed E-state index contributed by atoms with van der Waals surface area (Å²) in [5, 5.41) is 14.8. The molecule has 4 nitrogen and oxygen atoms in total. The first-order valence-electron chi connectivity index (χ1n) is 7.01. The molecule has 0 aliphatic heterocycles. The minimum Gasteiger partial charge on any atom is -0.464 e. The molecule has 0 amide bonds. The van der Waals surface area contributed by atoms with Gasteiger partial charge in [-0.05, 0) is 32.0 Å². The van der Waals surface area contributed by atoms with Crippen LogP contribution in [0.1, 0.15) is 24.0 Å². The fourth-order valence-corrected chi connectivity index (χ4v) is 2.42. The van der Waals surface area contributed by atoms with Gasteiger partial charge in [0.05, 0.1) is 6.26 Å². The number of aliphatic hydroxyl groups is 1. The van der Waals surface area contributed by atoms with Crippen LogP contribution < -0.4 is 5.32 Å². The van der Waals surface area contributed by atoms with Crippen LogP contribution in [0.4, 0.5) is 0 Å². The smallest absolute Gasteiger partial charge is 0.136 e. The summed E-state index contributed by atoms with van der Waals surface area (Å²) in [4.78, 5) is 0. The molecular formula is C17H19NO3. The minimum atomic E-state index is -1.03. The average molecular weight is 285 g/mol. The zero-order chi connectivity index (χ0) is 14.9. The molecule has 21 heavy (non-hydrogen) atoms. The van der Waals surface area contributed by atoms with Crippen molar-refractivity contribution < 1.29 is 13.9 Å². The fourth-order valence-electron chi connectivity index (χ4n) is 2.42. The maximum absolute atomic E-state index is 10.5. The van der Waals surface area contributed by atoms with Crippen LogP contribution >= 0.6 is 0 Å². The van der Waals surface area contributed by atoms with Gasteiger partial charge in [0.25, 0.3) is 0 Å². The standard InChI is InChI=1S/C17H19NO3/c1-12-7-8-16(21-12)17(2,19)11-18-9-13-10-20-15-6-4-3-5-14(13)15/h3-8,10,18-19H,9,11H2,1-2H3. The summed E-state index contributed by atoms with van der Waals surface area (Å²) < 4.78 is 11.0. The Morgan fingerprint density at radius 3 is 2.76 bits per heavy atom. The van der Waals surface area contributed by atoms with Crippen molar-refractivity contribution in [1.82, 2.24) is 5.32 Å². The number of fused-ring (bicyclic) bond motifs is 1. The van der Waals surface area contributed by atoms with Crippen LogP contribution in [0.3, 0.4) is 0 Å². The van der Waals surface area contributed by atoms with Crippen LogP contribution in [0, 0.1) is 6.92 Å². The molecule has 0 bridgehead atoms. The van der Waals surface area contributed by atoms with Gasteiger partial charge in [0.1, 0.15) is 22.7 Å². The second kappa shape index (κ2) is 5.39. The van der Waals surface area contributed by atoms with Gasteiger partial charge in [0, 0.05) is 24.0 Å². The van der Waals surface area contributed by atoms with E-state index in [9.17, 15) is 5.11 Å². The van der Waals surface area contributed by atoms with Crippen LogP contribution in [0.5, 0.6) is 0 Å². The molecule has 1 atom stereocenters. The summed E-state index contributed by atoms with van der Waals surface area (Å²) in [6.07, 6.45) is 1.75. The first kappa shape index (κ1) is 13.9. The Morgan fingerprint density at radius 2 is 2.00 bits per heavy atom. The van der Waals surface area contributed by atoms with E-state index in [4.69, 9.17) is 8.83 Å². The van der Waals surface area contributed by atoms with Crippen LogP contribution in [0.15, 0.2) is 51.5 Å². The predicted octanol–water partition coefficient (Wildman–Crippen LogP) is 3.33. The zero-order valence-electron chi connectivity index (χ0n) is 12.2. The fraction of sp³-hybridized carbons (Fsp3) is 0.294. The Kier molecular flexibility index (Phi) is 3.57. The topological polar surface area (TPSA) is 58.5 Å². The number of hydrogen-bond donors (Lipinski definition) is 2. The van der Waals surface area contributed by atoms with Crippen molar-refractivity contribution in [3.8, 4) is 0 Å². The van der Waals surface area contributed by atoms with Crippen molar-refractivity contribution in [2.45, 2.75) is 26.0 Å². The van der Waals surface area contributed by atoms with E-state index in [0.29, 0.717) is 18.8 Å². The van der Waals surface area contributed by atoms with Crippen molar-refractivity contribution in [1.29, 1.82) is 0 Å². The van der Waals surface area contributed by atoms with Crippen molar-refractivity contribution in [2.75, 3.05) is 6.54 Å². The monoisotopic (exact) mass is 285 g/mol. The Hall–Kier alpha value is -2.04. The molecule has 110 valence electrons. The molecule has 0 radical (unpaired) electrons. The molecule has 0 aliphatic rings. The van der Waals surface area contributed by atoms with Gasteiger partial charge in [-0.15, -0.1) is 0 Å². The van der Waals surface area contributed by atoms with Gasteiger partial charge in [-0.3, -0.25) is 0 Å². The zero-order valence-corrected chi connectivity index (χ0v) is 12.2. The van der Waals surface area contributed by atoms with E-state index in [2.05, 4.69) is 5.32 Å². The largest absolute Gasteiger partial charge is 0.464 e. The lowest BCUT2D eigenvalue weighted by molar-refractivity contribution is 0.0333. The second-order valence-electron chi connectivity index (χ2n) is 5.54. The van der Waals surface area contributed by atoms with Gasteiger partial charge in [0.2, 0.25) is 0 Å². The third-order valence-electron chi connectivity index (χ3n) is 3.62. The molecule has 2 N–H and O–H groups in total. The van der Waals surface area contributed by atoms with Gasteiger partial charge in [0.15, 0.2) is 0 Å². The second-order valence-corrected chi connectivity index (χ2v) is 5.54. The predicted molar refractivity (Wildman–Crippen MR) is 80.9 cm³/mol. The van der Waals surface area contributed by atoms with Crippen molar-refractivity contribution in [3.05, 3.63) is 59.7 Å². The third kappa shape index (κ3) is 2.86. The molecule has 0 spiro atoms. The summed E-state index contributed by atoms with van der Waals surface area (Å²) in [5.41, 5.74) is 0.924. The Balaban J connectivity index is 1.66. The lowest BCUT2D eigenvalue weighted by Crippen LogP contribution is -2.34. The molecule has 0 saturated carbocycles. The van der Waals surface area contributed by atoms with E-state index in [1.807, 2.05) is 43.3 Å². The lowest BCUT2D eigenvalue weighted by atomic mass is 10.0. The molecule has 2 aromatic heterocycles. The minimum absolute atomic E-state index is 0.402. The van der Waals surface area contributed by atoms with Crippen LogP contribution in [-0.2, 0) is 12.1 Å². The quantitative estimate of drug-likeness (QED) is 0.755. The molecule has 1 unspecified atom stereocenters. The summed E-state index contributed by atoms with van der Waals surface area (Å²) >= 11 is 0. The molecule has 3 rings (SSSR count). The number of para-hydroxylation sites is 1. The molecule has 0 aliphatic carbocycles. The van der Waals surface area contributed by atoms with Gasteiger partial charge in [-0.2, -0.15) is 0 Å². The highest BCUT2D eigenvalue weighted by molar-refractivity contribution is 5.80. The van der Waals surface area contributed by atoms with Crippen molar-refractivity contribution in [3.63, 3.8) is 0 Å². The van der Waals surface area contributed by atoms with E-state index < -0.39 is 5.60 Å². The molecular weight excluding hydrogens is 266 g/mol. The first-order chi connectivity index (χ1) is 10.1. The molecule has 4 heteroatoms. The van der Waals surface area contributed by atoms with E-state index in [0.717, 1.165) is 22.3 Å². The summed E-state index contributed by atoms with van der Waals surface area (Å²) in [6.45, 7) is 4.64. The maximum atomic E-state index is 10.5. The highest BCUT2D eigenvalue weighted by atomic mass is 16.4. The van der Waals surface area contributed by atoms with E-state index in [-0.39, 0.29) is 0 Å². The normalized spacial score (nSPS) is 14.4. The third-order valence-corrected chi connectivity index (χ3v) is 3.62. The van der Waals surface area contributed by atoms with Crippen LogP contribution in [0.2, 0.25) is 0 Å². The molecule has 0 saturated heterocycles. The summed E-state index contributed by atoms with van der Waals surface area (Å²) in [7, 11) is 0. The Morgan fingerprint density at radius 1 is 1.19 bits per heavy atom. The highest BCUT2D eigenvalue weighted by Gasteiger charge is 2.26.